The molecular formula is C7H7ClN2O. The van der Waals surface area contributed by atoms with Crippen LogP contribution in [-0.2, 0) is 5.60 Å². The SMILES string of the molecule is OC1(c2ccc(Cl)nn2)CC1. The van der Waals surface area contributed by atoms with Gasteiger partial charge in [-0.3, -0.25) is 0 Å². The molecule has 0 bridgehead atoms. The van der Waals surface area contributed by atoms with Crippen LogP contribution in [0.5, 0.6) is 0 Å². The Labute approximate surface area is 69.0 Å². The first kappa shape index (κ1) is 7.00. The van der Waals surface area contributed by atoms with E-state index in [2.05, 4.69) is 10.2 Å². The fourth-order valence-corrected chi connectivity index (χ4v) is 1.04. The number of nitrogens with zero attached hydrogens (tertiary/aromatic N) is 2. The van der Waals surface area contributed by atoms with Crippen molar-refractivity contribution in [2.24, 2.45) is 0 Å². The highest BCUT2D eigenvalue weighted by Gasteiger charge is 2.43. The number of hydrogen-bond donors (Lipinski definition) is 1. The van der Waals surface area contributed by atoms with Gasteiger partial charge in [0, 0.05) is 0 Å². The van der Waals surface area contributed by atoms with Crippen LogP contribution in [0, 0.1) is 0 Å². The summed E-state index contributed by atoms with van der Waals surface area (Å²) in [6, 6.07) is 3.35. The highest BCUT2D eigenvalue weighted by molar-refractivity contribution is 6.29. The molecule has 1 aliphatic carbocycles. The lowest BCUT2D eigenvalue weighted by atomic mass is 10.2. The maximum absolute atomic E-state index is 9.55. The van der Waals surface area contributed by atoms with Crippen molar-refractivity contribution >= 4 is 11.6 Å². The van der Waals surface area contributed by atoms with Gasteiger partial charge in [-0.1, -0.05) is 11.6 Å². The number of aromatic nitrogens is 2. The van der Waals surface area contributed by atoms with E-state index in [4.69, 9.17) is 11.6 Å². The minimum atomic E-state index is -0.697. The van der Waals surface area contributed by atoms with Crippen molar-refractivity contribution in [3.8, 4) is 0 Å². The molecule has 2 rings (SSSR count). The van der Waals surface area contributed by atoms with E-state index in [1.165, 1.54) is 0 Å². The second-order valence-electron chi connectivity index (χ2n) is 2.77. The Morgan fingerprint density at radius 3 is 2.55 bits per heavy atom. The minimum Gasteiger partial charge on any atom is -0.383 e. The molecule has 1 heterocycles. The smallest absolute Gasteiger partial charge is 0.151 e. The summed E-state index contributed by atoms with van der Waals surface area (Å²) in [7, 11) is 0. The van der Waals surface area contributed by atoms with Crippen LogP contribution in [0.25, 0.3) is 0 Å². The lowest BCUT2D eigenvalue weighted by Gasteiger charge is -2.03. The molecule has 0 aromatic carbocycles. The summed E-state index contributed by atoms with van der Waals surface area (Å²) in [5.74, 6) is 0. The number of hydrogen-bond acceptors (Lipinski definition) is 3. The molecule has 1 aromatic heterocycles. The topological polar surface area (TPSA) is 46.0 Å². The van der Waals surface area contributed by atoms with Gasteiger partial charge < -0.3 is 5.11 Å². The molecule has 11 heavy (non-hydrogen) atoms. The zero-order valence-electron chi connectivity index (χ0n) is 5.79. The van der Waals surface area contributed by atoms with Gasteiger partial charge in [-0.25, -0.2) is 0 Å². The predicted octanol–water partition coefficient (Wildman–Crippen LogP) is 1.11. The van der Waals surface area contributed by atoms with Crippen molar-refractivity contribution in [2.75, 3.05) is 0 Å². The zero-order valence-corrected chi connectivity index (χ0v) is 6.54. The van der Waals surface area contributed by atoms with Crippen LogP contribution in [0.15, 0.2) is 12.1 Å². The fourth-order valence-electron chi connectivity index (χ4n) is 0.939. The maximum atomic E-state index is 9.55. The molecule has 0 spiro atoms. The van der Waals surface area contributed by atoms with Gasteiger partial charge in [0.1, 0.15) is 5.60 Å². The lowest BCUT2D eigenvalue weighted by molar-refractivity contribution is 0.145. The third-order valence-corrected chi connectivity index (χ3v) is 2.03. The summed E-state index contributed by atoms with van der Waals surface area (Å²) in [5.41, 5.74) is -0.0701. The molecule has 1 fully saturated rings. The van der Waals surface area contributed by atoms with Gasteiger partial charge in [0.05, 0.1) is 5.69 Å². The Morgan fingerprint density at radius 1 is 1.36 bits per heavy atom. The maximum Gasteiger partial charge on any atom is 0.151 e. The highest BCUT2D eigenvalue weighted by Crippen LogP contribution is 2.43. The quantitative estimate of drug-likeness (QED) is 0.687. The Morgan fingerprint density at radius 2 is 2.09 bits per heavy atom. The van der Waals surface area contributed by atoms with Crippen LogP contribution in [0.3, 0.4) is 0 Å². The van der Waals surface area contributed by atoms with Gasteiger partial charge in [0.2, 0.25) is 0 Å². The van der Waals surface area contributed by atoms with Gasteiger partial charge in [0.25, 0.3) is 0 Å². The second kappa shape index (κ2) is 2.16. The standard InChI is InChI=1S/C7H7ClN2O/c8-6-2-1-5(9-10-6)7(11)3-4-7/h1-2,11H,3-4H2. The summed E-state index contributed by atoms with van der Waals surface area (Å²) in [4.78, 5) is 0. The van der Waals surface area contributed by atoms with Crippen molar-refractivity contribution in [3.05, 3.63) is 23.0 Å². The summed E-state index contributed by atoms with van der Waals surface area (Å²) >= 11 is 5.53. The van der Waals surface area contributed by atoms with E-state index in [0.717, 1.165) is 12.8 Å². The minimum absolute atomic E-state index is 0.359. The van der Waals surface area contributed by atoms with Gasteiger partial charge in [0.15, 0.2) is 5.15 Å². The average molecular weight is 171 g/mol. The molecule has 0 radical (unpaired) electrons. The molecule has 0 aliphatic heterocycles. The van der Waals surface area contributed by atoms with E-state index in [9.17, 15) is 5.11 Å². The average Bonchev–Trinajstić information content (AvgIpc) is 2.70. The molecule has 58 valence electrons. The van der Waals surface area contributed by atoms with E-state index >= 15 is 0 Å². The van der Waals surface area contributed by atoms with Crippen molar-refractivity contribution < 1.29 is 5.11 Å². The molecule has 1 aliphatic rings. The molecule has 1 N–H and O–H groups in total. The van der Waals surface area contributed by atoms with Crippen LogP contribution in [-0.4, -0.2) is 15.3 Å². The highest BCUT2D eigenvalue weighted by atomic mass is 35.5. The first-order valence-electron chi connectivity index (χ1n) is 3.43. The number of rotatable bonds is 1. The van der Waals surface area contributed by atoms with Crippen LogP contribution in [0.4, 0.5) is 0 Å². The summed E-state index contributed by atoms with van der Waals surface area (Å²) in [6.07, 6.45) is 1.56. The largest absolute Gasteiger partial charge is 0.383 e. The molecular weight excluding hydrogens is 164 g/mol. The monoisotopic (exact) mass is 170 g/mol. The van der Waals surface area contributed by atoms with E-state index in [1.807, 2.05) is 0 Å². The molecule has 0 unspecified atom stereocenters. The third kappa shape index (κ3) is 1.21. The van der Waals surface area contributed by atoms with E-state index < -0.39 is 5.60 Å². The van der Waals surface area contributed by atoms with Crippen molar-refractivity contribution in [1.29, 1.82) is 0 Å². The van der Waals surface area contributed by atoms with Gasteiger partial charge in [-0.2, -0.15) is 5.10 Å². The molecule has 0 amide bonds. The van der Waals surface area contributed by atoms with Gasteiger partial charge in [-0.15, -0.1) is 5.10 Å². The van der Waals surface area contributed by atoms with E-state index in [0.29, 0.717) is 10.8 Å². The van der Waals surface area contributed by atoms with Crippen molar-refractivity contribution in [1.82, 2.24) is 10.2 Å². The Kier molecular flexibility index (Phi) is 1.37. The first-order valence-corrected chi connectivity index (χ1v) is 3.81. The number of halogens is 1. The Hall–Kier alpha value is -0.670. The van der Waals surface area contributed by atoms with E-state index in [1.54, 1.807) is 12.1 Å². The molecule has 0 saturated heterocycles. The number of aliphatic hydroxyl groups is 1. The summed E-state index contributed by atoms with van der Waals surface area (Å²) < 4.78 is 0. The third-order valence-electron chi connectivity index (χ3n) is 1.83. The Bertz CT molecular complexity index is 268. The molecule has 0 atom stereocenters. The first-order chi connectivity index (χ1) is 5.21. The fraction of sp³-hybridized carbons (Fsp3) is 0.429. The molecule has 1 saturated carbocycles. The molecule has 3 nitrogen and oxygen atoms in total. The second-order valence-corrected chi connectivity index (χ2v) is 3.16. The van der Waals surface area contributed by atoms with Gasteiger partial charge in [-0.05, 0) is 25.0 Å². The van der Waals surface area contributed by atoms with Gasteiger partial charge >= 0.3 is 0 Å². The van der Waals surface area contributed by atoms with Crippen molar-refractivity contribution in [2.45, 2.75) is 18.4 Å². The summed E-state index contributed by atoms with van der Waals surface area (Å²) in [5, 5.41) is 17.3. The van der Waals surface area contributed by atoms with Crippen LogP contribution < -0.4 is 0 Å². The zero-order chi connectivity index (χ0) is 7.90. The van der Waals surface area contributed by atoms with Crippen LogP contribution in [0.1, 0.15) is 18.5 Å². The summed E-state index contributed by atoms with van der Waals surface area (Å²) in [6.45, 7) is 0. The predicted molar refractivity (Wildman–Crippen MR) is 40.2 cm³/mol. The van der Waals surface area contributed by atoms with Crippen LogP contribution in [0.2, 0.25) is 5.15 Å². The van der Waals surface area contributed by atoms with E-state index in [-0.39, 0.29) is 0 Å². The molecule has 1 aromatic rings. The lowest BCUT2D eigenvalue weighted by Crippen LogP contribution is -2.07. The van der Waals surface area contributed by atoms with Crippen LogP contribution >= 0.6 is 11.6 Å². The molecule has 4 heteroatoms. The Balaban J connectivity index is 2.33. The van der Waals surface area contributed by atoms with Crippen molar-refractivity contribution in [3.63, 3.8) is 0 Å². The normalized spacial score (nSPS) is 19.8.